The van der Waals surface area contributed by atoms with Gasteiger partial charge in [0.25, 0.3) is 0 Å². The van der Waals surface area contributed by atoms with Crippen molar-refractivity contribution in [1.29, 1.82) is 0 Å². The Morgan fingerprint density at radius 2 is 1.95 bits per heavy atom. The molecule has 1 aromatic heterocycles. The second-order valence-corrected chi connectivity index (χ2v) is 5.18. The van der Waals surface area contributed by atoms with Gasteiger partial charge in [-0.25, -0.2) is 9.78 Å². The number of imidazole rings is 1. The van der Waals surface area contributed by atoms with Crippen molar-refractivity contribution in [3.05, 3.63) is 54.1 Å². The molecule has 2 aromatic carbocycles. The van der Waals surface area contributed by atoms with E-state index in [-0.39, 0.29) is 0 Å². The van der Waals surface area contributed by atoms with Gasteiger partial charge in [0.2, 0.25) is 0 Å². The third-order valence-corrected chi connectivity index (χ3v) is 3.62. The molecule has 3 aromatic rings. The van der Waals surface area contributed by atoms with E-state index in [2.05, 4.69) is 4.98 Å². The summed E-state index contributed by atoms with van der Waals surface area (Å²) < 4.78 is 1.78. The zero-order chi connectivity index (χ0) is 15.0. The number of carboxylic acids is 1. The predicted octanol–water partition coefficient (Wildman–Crippen LogP) is 3.66. The van der Waals surface area contributed by atoms with Crippen LogP contribution in [0.15, 0.2) is 48.5 Å². The molecule has 106 valence electrons. The van der Waals surface area contributed by atoms with Gasteiger partial charge in [-0.05, 0) is 32.0 Å². The fraction of sp³-hybridized carbons (Fsp3) is 0.176. The minimum Gasteiger partial charge on any atom is -0.480 e. The number of benzene rings is 2. The van der Waals surface area contributed by atoms with Crippen molar-refractivity contribution in [2.45, 2.75) is 19.9 Å². The molecular formula is C17H16N2O2. The quantitative estimate of drug-likeness (QED) is 0.796. The van der Waals surface area contributed by atoms with Crippen LogP contribution in [-0.2, 0) is 4.79 Å². The first-order valence-electron chi connectivity index (χ1n) is 6.85. The van der Waals surface area contributed by atoms with E-state index < -0.39 is 12.0 Å². The summed E-state index contributed by atoms with van der Waals surface area (Å²) in [6, 6.07) is 14.9. The first-order chi connectivity index (χ1) is 10.1. The number of carboxylic acid groups (broad SMARTS) is 1. The largest absolute Gasteiger partial charge is 0.480 e. The van der Waals surface area contributed by atoms with Gasteiger partial charge in [-0.2, -0.15) is 0 Å². The van der Waals surface area contributed by atoms with Crippen LogP contribution in [0.1, 0.15) is 18.5 Å². The molecule has 0 aliphatic heterocycles. The Bertz CT molecular complexity index is 821. The van der Waals surface area contributed by atoms with E-state index in [0.29, 0.717) is 5.82 Å². The summed E-state index contributed by atoms with van der Waals surface area (Å²) in [6.07, 6.45) is 0. The molecule has 0 saturated carbocycles. The number of hydrogen-bond acceptors (Lipinski definition) is 2. The molecule has 0 saturated heterocycles. The summed E-state index contributed by atoms with van der Waals surface area (Å²) >= 11 is 0. The molecule has 1 N–H and O–H groups in total. The fourth-order valence-electron chi connectivity index (χ4n) is 2.53. The zero-order valence-electron chi connectivity index (χ0n) is 11.9. The molecule has 0 spiro atoms. The molecule has 1 atom stereocenters. The molecule has 0 aliphatic carbocycles. The van der Waals surface area contributed by atoms with E-state index in [9.17, 15) is 9.90 Å². The lowest BCUT2D eigenvalue weighted by atomic mass is 10.1. The lowest BCUT2D eigenvalue weighted by Gasteiger charge is -2.14. The van der Waals surface area contributed by atoms with Gasteiger partial charge in [-0.3, -0.25) is 0 Å². The standard InChI is InChI=1S/C17H16N2O2/c1-11-6-5-7-13(10-11)16-18-14-8-3-4-9-15(14)19(16)12(2)17(20)21/h3-10,12H,1-2H3,(H,20,21). The molecule has 0 fully saturated rings. The molecule has 3 rings (SSSR count). The highest BCUT2D eigenvalue weighted by Gasteiger charge is 2.21. The SMILES string of the molecule is Cc1cccc(-c2nc3ccccc3n2C(C)C(=O)O)c1. The smallest absolute Gasteiger partial charge is 0.326 e. The molecule has 1 unspecified atom stereocenters. The first kappa shape index (κ1) is 13.4. The summed E-state index contributed by atoms with van der Waals surface area (Å²) in [7, 11) is 0. The maximum absolute atomic E-state index is 11.4. The monoisotopic (exact) mass is 280 g/mol. The Kier molecular flexibility index (Phi) is 3.22. The van der Waals surface area contributed by atoms with E-state index in [4.69, 9.17) is 0 Å². The molecule has 4 nitrogen and oxygen atoms in total. The van der Waals surface area contributed by atoms with Gasteiger partial charge < -0.3 is 9.67 Å². The molecule has 0 bridgehead atoms. The van der Waals surface area contributed by atoms with Gasteiger partial charge in [0.05, 0.1) is 11.0 Å². The van der Waals surface area contributed by atoms with Gasteiger partial charge in [-0.1, -0.05) is 35.9 Å². The Balaban J connectivity index is 2.31. The Morgan fingerprint density at radius 3 is 2.67 bits per heavy atom. The van der Waals surface area contributed by atoms with E-state index in [0.717, 1.165) is 22.2 Å². The first-order valence-corrected chi connectivity index (χ1v) is 6.85. The van der Waals surface area contributed by atoms with Gasteiger partial charge in [0.1, 0.15) is 11.9 Å². The lowest BCUT2D eigenvalue weighted by Crippen LogP contribution is -2.16. The van der Waals surface area contributed by atoms with Gasteiger partial charge in [0, 0.05) is 5.56 Å². The van der Waals surface area contributed by atoms with Crippen LogP contribution in [0.4, 0.5) is 0 Å². The molecule has 0 amide bonds. The van der Waals surface area contributed by atoms with Gasteiger partial charge in [0.15, 0.2) is 0 Å². The second-order valence-electron chi connectivity index (χ2n) is 5.18. The number of nitrogens with zero attached hydrogens (tertiary/aromatic N) is 2. The third kappa shape index (κ3) is 2.29. The minimum atomic E-state index is -0.868. The van der Waals surface area contributed by atoms with Crippen molar-refractivity contribution >= 4 is 17.0 Å². The molecule has 4 heteroatoms. The number of hydrogen-bond donors (Lipinski definition) is 1. The van der Waals surface area contributed by atoms with E-state index >= 15 is 0 Å². The van der Waals surface area contributed by atoms with E-state index in [1.807, 2.05) is 55.5 Å². The van der Waals surface area contributed by atoms with E-state index in [1.165, 1.54) is 0 Å². The van der Waals surface area contributed by atoms with Crippen molar-refractivity contribution in [2.24, 2.45) is 0 Å². The van der Waals surface area contributed by atoms with E-state index in [1.54, 1.807) is 11.5 Å². The average Bonchev–Trinajstić information content (AvgIpc) is 2.85. The van der Waals surface area contributed by atoms with Crippen LogP contribution in [0.3, 0.4) is 0 Å². The van der Waals surface area contributed by atoms with Gasteiger partial charge >= 0.3 is 5.97 Å². The van der Waals surface area contributed by atoms with Crippen LogP contribution in [0.25, 0.3) is 22.4 Å². The van der Waals surface area contributed by atoms with Crippen LogP contribution in [0, 0.1) is 6.92 Å². The highest BCUT2D eigenvalue weighted by Crippen LogP contribution is 2.28. The number of para-hydroxylation sites is 2. The predicted molar refractivity (Wildman–Crippen MR) is 82.3 cm³/mol. The van der Waals surface area contributed by atoms with Crippen molar-refractivity contribution in [2.75, 3.05) is 0 Å². The molecular weight excluding hydrogens is 264 g/mol. The summed E-state index contributed by atoms with van der Waals surface area (Å²) in [5.41, 5.74) is 3.69. The number of aliphatic carboxylic acids is 1. The number of aromatic nitrogens is 2. The van der Waals surface area contributed by atoms with Crippen LogP contribution in [0.2, 0.25) is 0 Å². The average molecular weight is 280 g/mol. The topological polar surface area (TPSA) is 55.1 Å². The van der Waals surface area contributed by atoms with Crippen LogP contribution in [-0.4, -0.2) is 20.6 Å². The second kappa shape index (κ2) is 5.05. The van der Waals surface area contributed by atoms with Crippen molar-refractivity contribution in [3.8, 4) is 11.4 Å². The summed E-state index contributed by atoms with van der Waals surface area (Å²) in [5, 5.41) is 9.39. The maximum Gasteiger partial charge on any atom is 0.326 e. The summed E-state index contributed by atoms with van der Waals surface area (Å²) in [5.74, 6) is -0.179. The molecule has 1 heterocycles. The van der Waals surface area contributed by atoms with Gasteiger partial charge in [-0.15, -0.1) is 0 Å². The highest BCUT2D eigenvalue weighted by atomic mass is 16.4. The van der Waals surface area contributed by atoms with Crippen molar-refractivity contribution in [3.63, 3.8) is 0 Å². The maximum atomic E-state index is 11.4. The normalized spacial score (nSPS) is 12.5. The number of carbonyl (C=O) groups is 1. The molecule has 21 heavy (non-hydrogen) atoms. The number of rotatable bonds is 3. The summed E-state index contributed by atoms with van der Waals surface area (Å²) in [6.45, 7) is 3.69. The Morgan fingerprint density at radius 1 is 1.19 bits per heavy atom. The molecule has 0 aliphatic rings. The van der Waals surface area contributed by atoms with Crippen LogP contribution >= 0.6 is 0 Å². The van der Waals surface area contributed by atoms with Crippen LogP contribution in [0.5, 0.6) is 0 Å². The number of fused-ring (bicyclic) bond motifs is 1. The molecule has 0 radical (unpaired) electrons. The zero-order valence-corrected chi connectivity index (χ0v) is 11.9. The van der Waals surface area contributed by atoms with Crippen LogP contribution < -0.4 is 0 Å². The highest BCUT2D eigenvalue weighted by molar-refractivity contribution is 5.84. The Labute approximate surface area is 122 Å². The fourth-order valence-corrected chi connectivity index (χ4v) is 2.53. The Hall–Kier alpha value is -2.62. The van der Waals surface area contributed by atoms with Crippen molar-refractivity contribution < 1.29 is 9.90 Å². The third-order valence-electron chi connectivity index (χ3n) is 3.62. The van der Waals surface area contributed by atoms with Crippen molar-refractivity contribution in [1.82, 2.24) is 9.55 Å². The minimum absolute atomic E-state index is 0.673. The number of aryl methyl sites for hydroxylation is 1. The summed E-state index contributed by atoms with van der Waals surface area (Å²) in [4.78, 5) is 16.1. The lowest BCUT2D eigenvalue weighted by molar-refractivity contribution is -0.140.